The summed E-state index contributed by atoms with van der Waals surface area (Å²) in [4.78, 5) is 34.7. The molecule has 7 nitrogen and oxygen atoms in total. The van der Waals surface area contributed by atoms with Crippen LogP contribution < -0.4 is 5.32 Å². The van der Waals surface area contributed by atoms with E-state index in [9.17, 15) is 9.59 Å². The second-order valence-electron chi connectivity index (χ2n) is 5.85. The van der Waals surface area contributed by atoms with Crippen LogP contribution in [0.3, 0.4) is 0 Å². The molecule has 0 radical (unpaired) electrons. The van der Waals surface area contributed by atoms with E-state index in [1.807, 2.05) is 30.3 Å². The lowest BCUT2D eigenvalue weighted by atomic mass is 10.1. The molecule has 1 saturated heterocycles. The molecule has 1 aliphatic rings. The molecule has 1 N–H and O–H groups in total. The Labute approximate surface area is 146 Å². The lowest BCUT2D eigenvalue weighted by molar-refractivity contribution is -0.155. The van der Waals surface area contributed by atoms with E-state index < -0.39 is 6.04 Å². The molecular formula is C18H20N4O3. The second kappa shape index (κ2) is 7.85. The summed E-state index contributed by atoms with van der Waals surface area (Å²) in [5.74, 6) is 0.210. The average molecular weight is 340 g/mol. The minimum absolute atomic E-state index is 0.00170. The number of ether oxygens (including phenoxy) is 1. The predicted molar refractivity (Wildman–Crippen MR) is 90.2 cm³/mol. The number of benzene rings is 1. The topological polar surface area (TPSA) is 84.4 Å². The molecule has 0 bridgehead atoms. The zero-order chi connectivity index (χ0) is 17.6. The van der Waals surface area contributed by atoms with Crippen LogP contribution in [0, 0.1) is 6.92 Å². The van der Waals surface area contributed by atoms with E-state index >= 15 is 0 Å². The van der Waals surface area contributed by atoms with Crippen LogP contribution in [0.25, 0.3) is 0 Å². The van der Waals surface area contributed by atoms with Crippen LogP contribution in [0.1, 0.15) is 17.1 Å². The molecule has 0 unspecified atom stereocenters. The first-order chi connectivity index (χ1) is 12.1. The maximum absolute atomic E-state index is 12.6. The number of rotatable bonds is 5. The Hall–Kier alpha value is -2.80. The van der Waals surface area contributed by atoms with E-state index in [-0.39, 0.29) is 31.6 Å². The third-order valence-electron chi connectivity index (χ3n) is 3.97. The standard InChI is InChI=1S/C18H20N4O3/c1-13-19-8-7-15(21-13)9-20-18(24)16-11-25-12-17(23)22(16)10-14-5-3-2-4-6-14/h2-8,16H,9-12H2,1H3,(H,20,24)/t16-/m1/s1. The van der Waals surface area contributed by atoms with Crippen molar-refractivity contribution in [3.63, 3.8) is 0 Å². The predicted octanol–water partition coefficient (Wildman–Crippen LogP) is 0.829. The van der Waals surface area contributed by atoms with E-state index in [0.29, 0.717) is 12.4 Å². The first-order valence-electron chi connectivity index (χ1n) is 8.11. The average Bonchev–Trinajstić information content (AvgIpc) is 2.62. The Morgan fingerprint density at radius 1 is 1.32 bits per heavy atom. The van der Waals surface area contributed by atoms with Gasteiger partial charge in [0.25, 0.3) is 0 Å². The largest absolute Gasteiger partial charge is 0.369 e. The molecule has 2 aromatic rings. The van der Waals surface area contributed by atoms with Crippen LogP contribution in [0.2, 0.25) is 0 Å². The van der Waals surface area contributed by atoms with Gasteiger partial charge in [0.2, 0.25) is 11.8 Å². The van der Waals surface area contributed by atoms with Gasteiger partial charge in [0.15, 0.2) is 0 Å². The van der Waals surface area contributed by atoms with Crippen LogP contribution in [0.4, 0.5) is 0 Å². The summed E-state index contributed by atoms with van der Waals surface area (Å²) in [6, 6.07) is 10.7. The number of aryl methyl sites for hydroxylation is 1. The highest BCUT2D eigenvalue weighted by Gasteiger charge is 2.33. The molecule has 0 spiro atoms. The van der Waals surface area contributed by atoms with Crippen LogP contribution in [0.15, 0.2) is 42.6 Å². The summed E-state index contributed by atoms with van der Waals surface area (Å²) in [5.41, 5.74) is 1.69. The summed E-state index contributed by atoms with van der Waals surface area (Å²) >= 11 is 0. The van der Waals surface area contributed by atoms with E-state index in [1.165, 1.54) is 0 Å². The molecule has 130 valence electrons. The van der Waals surface area contributed by atoms with E-state index in [4.69, 9.17) is 4.74 Å². The Kier molecular flexibility index (Phi) is 5.35. The van der Waals surface area contributed by atoms with Gasteiger partial charge in [-0.1, -0.05) is 30.3 Å². The van der Waals surface area contributed by atoms with Crippen molar-refractivity contribution in [1.82, 2.24) is 20.2 Å². The summed E-state index contributed by atoms with van der Waals surface area (Å²) in [7, 11) is 0. The fourth-order valence-corrected chi connectivity index (χ4v) is 2.70. The number of nitrogens with one attached hydrogen (secondary N) is 1. The smallest absolute Gasteiger partial charge is 0.249 e. The van der Waals surface area contributed by atoms with Gasteiger partial charge in [0.1, 0.15) is 18.5 Å². The SMILES string of the molecule is Cc1nccc(CNC(=O)[C@H]2COCC(=O)N2Cc2ccccc2)n1. The van der Waals surface area contributed by atoms with Gasteiger partial charge in [-0.3, -0.25) is 9.59 Å². The minimum atomic E-state index is -0.649. The summed E-state index contributed by atoms with van der Waals surface area (Å²) in [5, 5.41) is 2.83. The number of aromatic nitrogens is 2. The second-order valence-corrected chi connectivity index (χ2v) is 5.85. The molecular weight excluding hydrogens is 320 g/mol. The summed E-state index contributed by atoms with van der Waals surface area (Å²) in [6.45, 7) is 2.65. The number of nitrogens with zero attached hydrogens (tertiary/aromatic N) is 3. The van der Waals surface area contributed by atoms with Gasteiger partial charge in [0, 0.05) is 12.7 Å². The van der Waals surface area contributed by atoms with Gasteiger partial charge in [-0.25, -0.2) is 9.97 Å². The Balaban J connectivity index is 1.67. The van der Waals surface area contributed by atoms with Gasteiger partial charge < -0.3 is 15.0 Å². The van der Waals surface area contributed by atoms with E-state index in [2.05, 4.69) is 15.3 Å². The van der Waals surface area contributed by atoms with Gasteiger partial charge in [0.05, 0.1) is 18.8 Å². The highest BCUT2D eigenvalue weighted by molar-refractivity contribution is 5.89. The van der Waals surface area contributed by atoms with E-state index in [1.54, 1.807) is 24.1 Å². The lowest BCUT2D eigenvalue weighted by Gasteiger charge is -2.34. The molecule has 0 saturated carbocycles. The Morgan fingerprint density at radius 2 is 2.12 bits per heavy atom. The maximum atomic E-state index is 12.6. The minimum Gasteiger partial charge on any atom is -0.369 e. The molecule has 7 heteroatoms. The van der Waals surface area contributed by atoms with Gasteiger partial charge in [-0.05, 0) is 18.6 Å². The molecule has 0 aliphatic carbocycles. The number of carbonyl (C=O) groups is 2. The van der Waals surface area contributed by atoms with Crippen molar-refractivity contribution in [3.05, 3.63) is 59.7 Å². The van der Waals surface area contributed by atoms with Crippen molar-refractivity contribution in [2.75, 3.05) is 13.2 Å². The highest BCUT2D eigenvalue weighted by atomic mass is 16.5. The number of hydrogen-bond acceptors (Lipinski definition) is 5. The number of amides is 2. The van der Waals surface area contributed by atoms with E-state index in [0.717, 1.165) is 11.3 Å². The maximum Gasteiger partial charge on any atom is 0.249 e. The van der Waals surface area contributed by atoms with Crippen LogP contribution in [-0.4, -0.2) is 45.9 Å². The van der Waals surface area contributed by atoms with Crippen molar-refractivity contribution in [3.8, 4) is 0 Å². The molecule has 1 aromatic heterocycles. The third-order valence-corrected chi connectivity index (χ3v) is 3.97. The molecule has 3 rings (SSSR count). The monoisotopic (exact) mass is 340 g/mol. The first-order valence-corrected chi connectivity index (χ1v) is 8.11. The molecule has 1 fully saturated rings. The van der Waals surface area contributed by atoms with Crippen LogP contribution in [0.5, 0.6) is 0 Å². The molecule has 2 amide bonds. The van der Waals surface area contributed by atoms with Crippen molar-refractivity contribution in [2.45, 2.75) is 26.1 Å². The van der Waals surface area contributed by atoms with Gasteiger partial charge >= 0.3 is 0 Å². The van der Waals surface area contributed by atoms with Crippen molar-refractivity contribution < 1.29 is 14.3 Å². The third kappa shape index (κ3) is 4.39. The fraction of sp³-hybridized carbons (Fsp3) is 0.333. The van der Waals surface area contributed by atoms with Gasteiger partial charge in [-0.2, -0.15) is 0 Å². The van der Waals surface area contributed by atoms with Crippen molar-refractivity contribution >= 4 is 11.8 Å². The number of hydrogen-bond donors (Lipinski definition) is 1. The first kappa shape index (κ1) is 17.0. The zero-order valence-corrected chi connectivity index (χ0v) is 14.0. The quantitative estimate of drug-likeness (QED) is 0.871. The Bertz CT molecular complexity index is 751. The zero-order valence-electron chi connectivity index (χ0n) is 14.0. The van der Waals surface area contributed by atoms with Crippen LogP contribution >= 0.6 is 0 Å². The van der Waals surface area contributed by atoms with Crippen LogP contribution in [-0.2, 0) is 27.4 Å². The normalized spacial score (nSPS) is 17.4. The lowest BCUT2D eigenvalue weighted by Crippen LogP contribution is -2.55. The summed E-state index contributed by atoms with van der Waals surface area (Å²) < 4.78 is 5.28. The number of carbonyl (C=O) groups excluding carboxylic acids is 2. The molecule has 25 heavy (non-hydrogen) atoms. The number of morpholine rings is 1. The molecule has 1 aromatic carbocycles. The summed E-state index contributed by atoms with van der Waals surface area (Å²) in [6.07, 6.45) is 1.65. The molecule has 1 atom stereocenters. The van der Waals surface area contributed by atoms with Crippen molar-refractivity contribution in [1.29, 1.82) is 0 Å². The van der Waals surface area contributed by atoms with Crippen molar-refractivity contribution in [2.24, 2.45) is 0 Å². The molecule has 2 heterocycles. The highest BCUT2D eigenvalue weighted by Crippen LogP contribution is 2.14. The van der Waals surface area contributed by atoms with Gasteiger partial charge in [-0.15, -0.1) is 0 Å². The fourth-order valence-electron chi connectivity index (χ4n) is 2.70. The molecule has 1 aliphatic heterocycles. The Morgan fingerprint density at radius 3 is 2.88 bits per heavy atom.